The fraction of sp³-hybridized carbons (Fsp3) is 0.724. The minimum atomic E-state index is -0.298. The molecule has 2 atom stereocenters. The summed E-state index contributed by atoms with van der Waals surface area (Å²) in [7, 11) is 0. The molecule has 2 unspecified atom stereocenters. The number of carbonyl (C=O) groups excluding carboxylic acids is 2. The first-order valence-electron chi connectivity index (χ1n) is 13.3. The summed E-state index contributed by atoms with van der Waals surface area (Å²) in [5.74, 6) is 2.60. The van der Waals surface area contributed by atoms with Gasteiger partial charge in [0, 0.05) is 12.8 Å². The van der Waals surface area contributed by atoms with Gasteiger partial charge in [-0.05, 0) is 80.4 Å². The number of ether oxygens (including phenoxy) is 1. The molecule has 2 aliphatic carbocycles. The summed E-state index contributed by atoms with van der Waals surface area (Å²) in [5.41, 5.74) is 1.40. The summed E-state index contributed by atoms with van der Waals surface area (Å²) in [6, 6.07) is 8.71. The van der Waals surface area contributed by atoms with Gasteiger partial charge in [-0.1, -0.05) is 58.1 Å². The lowest BCUT2D eigenvalue weighted by Gasteiger charge is -2.30. The van der Waals surface area contributed by atoms with Crippen LogP contribution in [0.1, 0.15) is 115 Å². The normalized spacial score (nSPS) is 26.1. The SMILES string of the molecule is CCCCCCCCOc1ccc([C@H]2CC[C@H](CC(=O)C3CCC(C)CC3=O)CC2)cc1. The van der Waals surface area contributed by atoms with Crippen molar-refractivity contribution < 1.29 is 14.3 Å². The van der Waals surface area contributed by atoms with Gasteiger partial charge in [0.05, 0.1) is 12.5 Å². The van der Waals surface area contributed by atoms with Gasteiger partial charge in [0.2, 0.25) is 0 Å². The summed E-state index contributed by atoms with van der Waals surface area (Å²) in [6.45, 7) is 5.18. The third kappa shape index (κ3) is 7.74. The molecule has 0 saturated heterocycles. The summed E-state index contributed by atoms with van der Waals surface area (Å²) in [6.07, 6.45) is 15.2. The number of hydrogen-bond donors (Lipinski definition) is 0. The molecule has 1 aromatic rings. The molecule has 0 aliphatic heterocycles. The number of hydrogen-bond acceptors (Lipinski definition) is 3. The average Bonchev–Trinajstić information content (AvgIpc) is 2.79. The lowest BCUT2D eigenvalue weighted by atomic mass is 9.73. The fourth-order valence-corrected chi connectivity index (χ4v) is 5.58. The molecule has 2 fully saturated rings. The van der Waals surface area contributed by atoms with Gasteiger partial charge in [-0.3, -0.25) is 9.59 Å². The number of benzene rings is 1. The van der Waals surface area contributed by atoms with Gasteiger partial charge >= 0.3 is 0 Å². The van der Waals surface area contributed by atoms with E-state index in [4.69, 9.17) is 4.74 Å². The van der Waals surface area contributed by atoms with E-state index in [9.17, 15) is 9.59 Å². The highest BCUT2D eigenvalue weighted by molar-refractivity contribution is 6.02. The number of unbranched alkanes of at least 4 members (excludes halogenated alkanes) is 5. The van der Waals surface area contributed by atoms with E-state index in [0.717, 1.165) is 57.3 Å². The smallest absolute Gasteiger partial charge is 0.143 e. The Hall–Kier alpha value is -1.64. The summed E-state index contributed by atoms with van der Waals surface area (Å²) in [5, 5.41) is 0. The zero-order chi connectivity index (χ0) is 22.8. The quantitative estimate of drug-likeness (QED) is 0.247. The Morgan fingerprint density at radius 1 is 0.906 bits per heavy atom. The largest absolute Gasteiger partial charge is 0.494 e. The van der Waals surface area contributed by atoms with E-state index in [0.29, 0.717) is 30.6 Å². The molecule has 2 saturated carbocycles. The van der Waals surface area contributed by atoms with Crippen LogP contribution in [-0.4, -0.2) is 18.2 Å². The van der Waals surface area contributed by atoms with Crippen LogP contribution in [-0.2, 0) is 9.59 Å². The van der Waals surface area contributed by atoms with Gasteiger partial charge in [-0.15, -0.1) is 0 Å². The minimum absolute atomic E-state index is 0.196. The molecule has 1 aromatic carbocycles. The molecule has 0 aromatic heterocycles. The van der Waals surface area contributed by atoms with Crippen molar-refractivity contribution in [1.29, 1.82) is 0 Å². The third-order valence-corrected chi connectivity index (χ3v) is 7.73. The molecular formula is C29H44O3. The van der Waals surface area contributed by atoms with E-state index in [1.54, 1.807) is 0 Å². The Morgan fingerprint density at radius 3 is 2.28 bits per heavy atom. The Balaban J connectivity index is 1.35. The van der Waals surface area contributed by atoms with Crippen LogP contribution >= 0.6 is 0 Å². The van der Waals surface area contributed by atoms with Crippen LogP contribution in [0, 0.1) is 17.8 Å². The average molecular weight is 441 g/mol. The van der Waals surface area contributed by atoms with E-state index < -0.39 is 0 Å². The number of ketones is 2. The molecule has 0 spiro atoms. The predicted octanol–water partition coefficient (Wildman–Crippen LogP) is 7.66. The lowest BCUT2D eigenvalue weighted by molar-refractivity contribution is -0.135. The van der Waals surface area contributed by atoms with E-state index in [1.165, 1.54) is 37.7 Å². The Labute approximate surface area is 195 Å². The van der Waals surface area contributed by atoms with Gasteiger partial charge in [-0.2, -0.15) is 0 Å². The molecule has 3 nitrogen and oxygen atoms in total. The predicted molar refractivity (Wildman–Crippen MR) is 131 cm³/mol. The maximum atomic E-state index is 12.7. The molecule has 3 rings (SSSR count). The van der Waals surface area contributed by atoms with E-state index in [-0.39, 0.29) is 17.5 Å². The van der Waals surface area contributed by atoms with Crippen LogP contribution in [0.3, 0.4) is 0 Å². The molecule has 3 heteroatoms. The van der Waals surface area contributed by atoms with Crippen LogP contribution in [0.4, 0.5) is 0 Å². The van der Waals surface area contributed by atoms with Crippen molar-refractivity contribution in [2.75, 3.05) is 6.61 Å². The van der Waals surface area contributed by atoms with Gasteiger partial charge in [0.15, 0.2) is 0 Å². The van der Waals surface area contributed by atoms with Crippen LogP contribution in [0.25, 0.3) is 0 Å². The van der Waals surface area contributed by atoms with Gasteiger partial charge < -0.3 is 4.74 Å². The van der Waals surface area contributed by atoms with Crippen molar-refractivity contribution in [2.24, 2.45) is 17.8 Å². The number of rotatable bonds is 12. The Kier molecular flexibility index (Phi) is 10.3. The zero-order valence-corrected chi connectivity index (χ0v) is 20.5. The summed E-state index contributed by atoms with van der Waals surface area (Å²) < 4.78 is 5.92. The molecule has 0 bridgehead atoms. The number of Topliss-reactive ketones (excluding diaryl/α,β-unsaturated/α-hetero) is 2. The molecular weight excluding hydrogens is 396 g/mol. The van der Waals surface area contributed by atoms with Crippen LogP contribution < -0.4 is 4.74 Å². The van der Waals surface area contributed by atoms with E-state index in [2.05, 4.69) is 38.1 Å². The van der Waals surface area contributed by atoms with Crippen molar-refractivity contribution in [3.8, 4) is 5.75 Å². The maximum absolute atomic E-state index is 12.7. The van der Waals surface area contributed by atoms with Crippen molar-refractivity contribution in [2.45, 2.75) is 110 Å². The topological polar surface area (TPSA) is 43.4 Å². The first-order valence-corrected chi connectivity index (χ1v) is 13.3. The minimum Gasteiger partial charge on any atom is -0.494 e. The highest BCUT2D eigenvalue weighted by atomic mass is 16.5. The van der Waals surface area contributed by atoms with Crippen molar-refractivity contribution in [1.82, 2.24) is 0 Å². The summed E-state index contributed by atoms with van der Waals surface area (Å²) >= 11 is 0. The van der Waals surface area contributed by atoms with Crippen LogP contribution in [0.2, 0.25) is 0 Å². The van der Waals surface area contributed by atoms with Crippen molar-refractivity contribution >= 4 is 11.6 Å². The molecule has 0 radical (unpaired) electrons. The van der Waals surface area contributed by atoms with Crippen LogP contribution in [0.5, 0.6) is 5.75 Å². The van der Waals surface area contributed by atoms with Gasteiger partial charge in [0.1, 0.15) is 17.3 Å². The standard InChI is InChI=1S/C29H44O3/c1-3-4-5-6-7-8-19-32-26-16-14-25(15-17-26)24-12-10-23(11-13-24)21-29(31)27-18-9-22(2)20-28(27)30/h14-17,22-24,27H,3-13,18-21H2,1-2H3/t22?,23-,24-,27?. The second kappa shape index (κ2) is 13.2. The second-order valence-electron chi connectivity index (χ2n) is 10.5. The highest BCUT2D eigenvalue weighted by Crippen LogP contribution is 2.38. The Morgan fingerprint density at radius 2 is 1.59 bits per heavy atom. The monoisotopic (exact) mass is 440 g/mol. The van der Waals surface area contributed by atoms with Gasteiger partial charge in [0.25, 0.3) is 0 Å². The summed E-state index contributed by atoms with van der Waals surface area (Å²) in [4.78, 5) is 25.0. The van der Waals surface area contributed by atoms with Crippen molar-refractivity contribution in [3.63, 3.8) is 0 Å². The first kappa shape index (κ1) is 25.0. The molecule has 178 valence electrons. The maximum Gasteiger partial charge on any atom is 0.143 e. The lowest BCUT2D eigenvalue weighted by Crippen LogP contribution is -2.31. The highest BCUT2D eigenvalue weighted by Gasteiger charge is 2.33. The third-order valence-electron chi connectivity index (χ3n) is 7.73. The number of carbonyl (C=O) groups is 2. The van der Waals surface area contributed by atoms with E-state index in [1.807, 2.05) is 0 Å². The second-order valence-corrected chi connectivity index (χ2v) is 10.5. The zero-order valence-electron chi connectivity index (χ0n) is 20.5. The van der Waals surface area contributed by atoms with Crippen LogP contribution in [0.15, 0.2) is 24.3 Å². The molecule has 0 N–H and O–H groups in total. The first-order chi connectivity index (χ1) is 15.6. The van der Waals surface area contributed by atoms with E-state index >= 15 is 0 Å². The van der Waals surface area contributed by atoms with Crippen molar-refractivity contribution in [3.05, 3.63) is 29.8 Å². The molecule has 0 amide bonds. The van der Waals surface area contributed by atoms with Gasteiger partial charge in [-0.25, -0.2) is 0 Å². The molecule has 2 aliphatic rings. The molecule has 32 heavy (non-hydrogen) atoms. The molecule has 0 heterocycles. The Bertz CT molecular complexity index is 700. The fourth-order valence-electron chi connectivity index (χ4n) is 5.58.